The first kappa shape index (κ1) is 21.2. The summed E-state index contributed by atoms with van der Waals surface area (Å²) in [7, 11) is 0. The summed E-state index contributed by atoms with van der Waals surface area (Å²) in [5.41, 5.74) is 2.22. The second kappa shape index (κ2) is 7.72. The molecule has 4 aliphatic carbocycles. The van der Waals surface area contributed by atoms with E-state index in [2.05, 4.69) is 81.0 Å². The van der Waals surface area contributed by atoms with Crippen LogP contribution >= 0.6 is 15.9 Å². The third kappa shape index (κ3) is 3.65. The van der Waals surface area contributed by atoms with Crippen molar-refractivity contribution < 1.29 is 4.79 Å². The molecule has 0 aliphatic heterocycles. The molecule has 166 valence electrons. The van der Waals surface area contributed by atoms with Crippen LogP contribution in [-0.2, 0) is 10.3 Å². The molecule has 31 heavy (non-hydrogen) atoms. The topological polar surface area (TPSA) is 59.8 Å². The number of carbonyl (C=O) groups is 1. The summed E-state index contributed by atoms with van der Waals surface area (Å²) in [5.74, 6) is 2.03. The Morgan fingerprint density at radius 1 is 1.16 bits per heavy atom. The van der Waals surface area contributed by atoms with Gasteiger partial charge in [-0.2, -0.15) is 0 Å². The first-order valence-electron chi connectivity index (χ1n) is 11.8. The van der Waals surface area contributed by atoms with Crippen molar-refractivity contribution in [2.45, 2.75) is 83.2 Å². The Bertz CT molecular complexity index is 954. The predicted molar refractivity (Wildman–Crippen MR) is 125 cm³/mol. The van der Waals surface area contributed by atoms with E-state index in [4.69, 9.17) is 0 Å². The molecule has 4 atom stereocenters. The molecule has 5 nitrogen and oxygen atoms in total. The van der Waals surface area contributed by atoms with Crippen LogP contribution in [0.25, 0.3) is 0 Å². The van der Waals surface area contributed by atoms with Gasteiger partial charge in [-0.15, -0.1) is 5.10 Å². The average Bonchev–Trinajstić information content (AvgIpc) is 3.19. The lowest BCUT2D eigenvalue weighted by Crippen LogP contribution is -2.61. The van der Waals surface area contributed by atoms with Gasteiger partial charge in [-0.25, -0.2) is 9.67 Å². The SMILES string of the molecule is CC[C@@H](C)c1ccc([C@H](C)NC(=O)C23C[C@@H]4C[C@@H](C2)CC(n2cnc(Br)n2)(C4)C3)cc1. The highest BCUT2D eigenvalue weighted by molar-refractivity contribution is 9.10. The molecule has 6 rings (SSSR count). The molecule has 4 saturated carbocycles. The zero-order valence-electron chi connectivity index (χ0n) is 18.8. The van der Waals surface area contributed by atoms with E-state index < -0.39 is 0 Å². The van der Waals surface area contributed by atoms with Crippen LogP contribution in [0.4, 0.5) is 0 Å². The van der Waals surface area contributed by atoms with Crippen molar-refractivity contribution in [2.24, 2.45) is 17.3 Å². The van der Waals surface area contributed by atoms with Crippen LogP contribution in [0.3, 0.4) is 0 Å². The lowest BCUT2D eigenvalue weighted by atomic mass is 9.46. The summed E-state index contributed by atoms with van der Waals surface area (Å²) in [5, 5.41) is 8.02. The summed E-state index contributed by atoms with van der Waals surface area (Å²) < 4.78 is 2.70. The summed E-state index contributed by atoms with van der Waals surface area (Å²) in [6.07, 6.45) is 9.43. The molecule has 1 aromatic heterocycles. The minimum atomic E-state index is -0.270. The maximum absolute atomic E-state index is 13.7. The molecule has 4 aliphatic rings. The molecular weight excluding hydrogens is 452 g/mol. The molecule has 1 N–H and O–H groups in total. The number of hydrogen-bond acceptors (Lipinski definition) is 3. The highest BCUT2D eigenvalue weighted by Crippen LogP contribution is 2.64. The number of aromatic nitrogens is 3. The monoisotopic (exact) mass is 484 g/mol. The molecule has 6 heteroatoms. The predicted octanol–water partition coefficient (Wildman–Crippen LogP) is 5.73. The first-order valence-corrected chi connectivity index (χ1v) is 12.6. The van der Waals surface area contributed by atoms with E-state index in [1.807, 2.05) is 6.33 Å². The first-order chi connectivity index (χ1) is 14.8. The molecule has 4 bridgehead atoms. The average molecular weight is 485 g/mol. The van der Waals surface area contributed by atoms with Crippen molar-refractivity contribution in [1.29, 1.82) is 0 Å². The fourth-order valence-electron chi connectivity index (χ4n) is 7.00. The van der Waals surface area contributed by atoms with Gasteiger partial charge < -0.3 is 5.32 Å². The molecule has 0 saturated heterocycles. The van der Waals surface area contributed by atoms with Crippen LogP contribution in [-0.4, -0.2) is 20.7 Å². The van der Waals surface area contributed by atoms with Gasteiger partial charge in [0.1, 0.15) is 6.33 Å². The van der Waals surface area contributed by atoms with E-state index in [0.29, 0.717) is 22.5 Å². The minimum absolute atomic E-state index is 0.0166. The summed E-state index contributed by atoms with van der Waals surface area (Å²) in [6, 6.07) is 8.81. The van der Waals surface area contributed by atoms with Crippen LogP contribution < -0.4 is 5.32 Å². The van der Waals surface area contributed by atoms with Gasteiger partial charge in [0.05, 0.1) is 17.0 Å². The number of carbonyl (C=O) groups excluding carboxylic acids is 1. The molecule has 0 spiro atoms. The van der Waals surface area contributed by atoms with Crippen molar-refractivity contribution in [3.8, 4) is 0 Å². The van der Waals surface area contributed by atoms with Crippen molar-refractivity contribution >= 4 is 21.8 Å². The minimum Gasteiger partial charge on any atom is -0.349 e. The second-order valence-electron chi connectivity index (χ2n) is 10.6. The Morgan fingerprint density at radius 2 is 1.81 bits per heavy atom. The third-order valence-electron chi connectivity index (χ3n) is 8.43. The molecule has 1 amide bonds. The van der Waals surface area contributed by atoms with E-state index >= 15 is 0 Å². The Hall–Kier alpha value is -1.69. The van der Waals surface area contributed by atoms with Crippen molar-refractivity contribution in [3.63, 3.8) is 0 Å². The van der Waals surface area contributed by atoms with E-state index in [9.17, 15) is 4.79 Å². The van der Waals surface area contributed by atoms with Crippen LogP contribution in [0.2, 0.25) is 0 Å². The number of rotatable bonds is 6. The highest BCUT2D eigenvalue weighted by Gasteiger charge is 2.61. The van der Waals surface area contributed by atoms with Gasteiger partial charge in [0, 0.05) is 0 Å². The fraction of sp³-hybridized carbons (Fsp3) is 0.640. The maximum Gasteiger partial charge on any atom is 0.226 e. The Labute approximate surface area is 193 Å². The van der Waals surface area contributed by atoms with Gasteiger partial charge in [-0.05, 0) is 96.7 Å². The number of amides is 1. The third-order valence-corrected chi connectivity index (χ3v) is 8.79. The smallest absolute Gasteiger partial charge is 0.226 e. The number of halogens is 1. The number of hydrogen-bond donors (Lipinski definition) is 1. The molecule has 0 unspecified atom stereocenters. The van der Waals surface area contributed by atoms with Crippen LogP contribution in [0, 0.1) is 17.3 Å². The summed E-state index contributed by atoms with van der Waals surface area (Å²) in [6.45, 7) is 6.59. The van der Waals surface area contributed by atoms with E-state index in [-0.39, 0.29) is 22.9 Å². The molecule has 0 radical (unpaired) electrons. The van der Waals surface area contributed by atoms with Gasteiger partial charge in [0.25, 0.3) is 0 Å². The molecule has 1 heterocycles. The molecule has 1 aromatic carbocycles. The zero-order valence-corrected chi connectivity index (χ0v) is 20.4. The number of benzene rings is 1. The second-order valence-corrected chi connectivity index (χ2v) is 11.3. The van der Waals surface area contributed by atoms with Gasteiger partial charge in [-0.1, -0.05) is 38.1 Å². The van der Waals surface area contributed by atoms with Gasteiger partial charge in [-0.3, -0.25) is 4.79 Å². The van der Waals surface area contributed by atoms with Gasteiger partial charge in [0.2, 0.25) is 10.6 Å². The highest BCUT2D eigenvalue weighted by atomic mass is 79.9. The maximum atomic E-state index is 13.7. The van der Waals surface area contributed by atoms with Crippen molar-refractivity contribution in [1.82, 2.24) is 20.1 Å². The number of nitrogens with zero attached hydrogens (tertiary/aromatic N) is 3. The summed E-state index contributed by atoms with van der Waals surface area (Å²) in [4.78, 5) is 18.0. The Kier molecular flexibility index (Phi) is 5.27. The van der Waals surface area contributed by atoms with E-state index in [1.54, 1.807) is 0 Å². The van der Waals surface area contributed by atoms with Crippen molar-refractivity contribution in [2.75, 3.05) is 0 Å². The largest absolute Gasteiger partial charge is 0.349 e. The normalized spacial score (nSPS) is 33.3. The summed E-state index contributed by atoms with van der Waals surface area (Å²) >= 11 is 3.41. The molecular formula is C25H33BrN4O. The standard InChI is InChI=1S/C25H33BrN4O/c1-4-16(2)20-5-7-21(8-6-20)17(3)28-22(31)24-10-18-9-19(11-24)13-25(12-18,14-24)30-15-27-23(26)29-30/h5-8,15-19H,4,9-14H2,1-3H3,(H,28,31)/t16-,17+,18+,19+,24?,25?/m1/s1. The Morgan fingerprint density at radius 3 is 2.39 bits per heavy atom. The van der Waals surface area contributed by atoms with E-state index in [0.717, 1.165) is 38.5 Å². The van der Waals surface area contributed by atoms with Crippen LogP contribution in [0.5, 0.6) is 0 Å². The molecule has 2 aromatic rings. The van der Waals surface area contributed by atoms with Crippen LogP contribution in [0.1, 0.15) is 88.8 Å². The molecule has 4 fully saturated rings. The quantitative estimate of drug-likeness (QED) is 0.569. The van der Waals surface area contributed by atoms with Gasteiger partial charge in [0.15, 0.2) is 0 Å². The van der Waals surface area contributed by atoms with Crippen LogP contribution in [0.15, 0.2) is 35.3 Å². The lowest BCUT2D eigenvalue weighted by molar-refractivity contribution is -0.156. The zero-order chi connectivity index (χ0) is 21.8. The number of nitrogens with one attached hydrogen (secondary N) is 1. The van der Waals surface area contributed by atoms with Gasteiger partial charge >= 0.3 is 0 Å². The fourth-order valence-corrected chi connectivity index (χ4v) is 7.26. The van der Waals surface area contributed by atoms with E-state index in [1.165, 1.54) is 17.5 Å². The van der Waals surface area contributed by atoms with Crippen molar-refractivity contribution in [3.05, 3.63) is 46.5 Å². The Balaban J connectivity index is 1.35. The lowest BCUT2D eigenvalue weighted by Gasteiger charge is -2.61.